The molecule has 0 aromatic heterocycles. The monoisotopic (exact) mass is 597 g/mol. The summed E-state index contributed by atoms with van der Waals surface area (Å²) in [5.74, 6) is -1.49. The summed E-state index contributed by atoms with van der Waals surface area (Å²) in [6, 6.07) is 15.0. The maximum Gasteiger partial charge on any atom is 0.416 e. The molecule has 5 rings (SSSR count). The number of amides is 1. The van der Waals surface area contributed by atoms with E-state index in [1.807, 2.05) is 0 Å². The van der Waals surface area contributed by atoms with E-state index in [1.54, 1.807) is 31.2 Å². The summed E-state index contributed by atoms with van der Waals surface area (Å²) in [5.41, 5.74) is -1.45. The van der Waals surface area contributed by atoms with Crippen molar-refractivity contribution >= 4 is 23.1 Å². The molecule has 4 aromatic carbocycles. The van der Waals surface area contributed by atoms with Crippen LogP contribution in [0.5, 0.6) is 11.5 Å². The van der Waals surface area contributed by atoms with Crippen molar-refractivity contribution in [2.75, 3.05) is 5.32 Å². The minimum absolute atomic E-state index is 0.0286. The van der Waals surface area contributed by atoms with Gasteiger partial charge >= 0.3 is 18.3 Å². The number of carbonyl (C=O) groups is 2. The van der Waals surface area contributed by atoms with Gasteiger partial charge in [-0.25, -0.2) is 0 Å². The van der Waals surface area contributed by atoms with Crippen LogP contribution in [0, 0.1) is 6.92 Å². The van der Waals surface area contributed by atoms with E-state index in [2.05, 4.69) is 11.9 Å². The lowest BCUT2D eigenvalue weighted by molar-refractivity contribution is -0.143. The van der Waals surface area contributed by atoms with Crippen molar-refractivity contribution in [3.8, 4) is 22.6 Å². The minimum Gasteiger partial charge on any atom is -0.481 e. The minimum atomic E-state index is -5.09. The van der Waals surface area contributed by atoms with Gasteiger partial charge in [-0.2, -0.15) is 26.3 Å². The predicted molar refractivity (Wildman–Crippen MR) is 147 cm³/mol. The van der Waals surface area contributed by atoms with Crippen LogP contribution >= 0.6 is 0 Å². The number of para-hydroxylation sites is 1. The Balaban J connectivity index is 1.70. The summed E-state index contributed by atoms with van der Waals surface area (Å²) in [7, 11) is 0. The molecule has 5 nitrogen and oxygen atoms in total. The first-order chi connectivity index (χ1) is 20.1. The van der Waals surface area contributed by atoms with Gasteiger partial charge in [-0.1, -0.05) is 36.9 Å². The molecule has 2 N–H and O–H groups in total. The van der Waals surface area contributed by atoms with E-state index in [0.717, 1.165) is 0 Å². The number of hydrogen-bond acceptors (Lipinski definition) is 3. The molecule has 0 saturated carbocycles. The molecule has 0 radical (unpaired) electrons. The summed E-state index contributed by atoms with van der Waals surface area (Å²) in [5, 5.41) is 11.6. The number of alkyl halides is 6. The number of anilines is 1. The van der Waals surface area contributed by atoms with Crippen molar-refractivity contribution in [3.63, 3.8) is 0 Å². The van der Waals surface area contributed by atoms with Crippen LogP contribution in [0.15, 0.2) is 79.4 Å². The Morgan fingerprint density at radius 3 is 2.05 bits per heavy atom. The highest BCUT2D eigenvalue weighted by atomic mass is 19.4. The van der Waals surface area contributed by atoms with Gasteiger partial charge in [0.15, 0.2) is 0 Å². The summed E-state index contributed by atoms with van der Waals surface area (Å²) in [6.45, 7) is 5.68. The van der Waals surface area contributed by atoms with E-state index in [4.69, 9.17) is 9.84 Å². The van der Waals surface area contributed by atoms with Gasteiger partial charge in [0.2, 0.25) is 0 Å². The molecule has 43 heavy (non-hydrogen) atoms. The summed E-state index contributed by atoms with van der Waals surface area (Å²) < 4.78 is 88.6. The van der Waals surface area contributed by atoms with E-state index in [9.17, 15) is 35.9 Å². The quantitative estimate of drug-likeness (QED) is 0.199. The molecule has 1 amide bonds. The lowest BCUT2D eigenvalue weighted by Crippen LogP contribution is -2.17. The maximum absolute atomic E-state index is 13.8. The van der Waals surface area contributed by atoms with Crippen LogP contribution in [-0.4, -0.2) is 17.0 Å². The number of rotatable bonds is 5. The summed E-state index contributed by atoms with van der Waals surface area (Å²) >= 11 is 0. The van der Waals surface area contributed by atoms with Crippen LogP contribution in [0.2, 0.25) is 0 Å². The first-order valence-corrected chi connectivity index (χ1v) is 12.7. The van der Waals surface area contributed by atoms with E-state index < -0.39 is 40.9 Å². The van der Waals surface area contributed by atoms with Gasteiger partial charge in [0.1, 0.15) is 11.5 Å². The number of aliphatic carboxylic acids is 1. The van der Waals surface area contributed by atoms with Gasteiger partial charge in [0.25, 0.3) is 5.91 Å². The van der Waals surface area contributed by atoms with Crippen molar-refractivity contribution in [2.24, 2.45) is 0 Å². The van der Waals surface area contributed by atoms with Gasteiger partial charge < -0.3 is 15.2 Å². The number of carboxylic acid groups (broad SMARTS) is 1. The van der Waals surface area contributed by atoms with Gasteiger partial charge in [-0.3, -0.25) is 9.59 Å². The lowest BCUT2D eigenvalue weighted by Gasteiger charge is -2.28. The smallest absolute Gasteiger partial charge is 0.416 e. The van der Waals surface area contributed by atoms with Crippen molar-refractivity contribution in [3.05, 3.63) is 118 Å². The van der Waals surface area contributed by atoms with Crippen molar-refractivity contribution in [2.45, 2.75) is 25.7 Å². The molecule has 0 fully saturated rings. The van der Waals surface area contributed by atoms with Crippen LogP contribution in [0.4, 0.5) is 32.0 Å². The van der Waals surface area contributed by atoms with Gasteiger partial charge in [0.05, 0.1) is 17.5 Å². The van der Waals surface area contributed by atoms with Crippen LogP contribution < -0.4 is 10.1 Å². The number of fused-ring (bicyclic) bond motifs is 2. The number of hydrogen-bond donors (Lipinski definition) is 2. The van der Waals surface area contributed by atoms with Gasteiger partial charge in [-0.15, -0.1) is 0 Å². The van der Waals surface area contributed by atoms with Crippen molar-refractivity contribution in [1.82, 2.24) is 0 Å². The molecule has 1 aliphatic rings. The average molecular weight is 598 g/mol. The molecule has 1 aliphatic heterocycles. The Morgan fingerprint density at radius 2 is 1.47 bits per heavy atom. The van der Waals surface area contributed by atoms with Crippen LogP contribution in [0.3, 0.4) is 0 Å². The van der Waals surface area contributed by atoms with E-state index in [1.165, 1.54) is 30.3 Å². The standard InChI is InChI=1S/C32H21F6NO4/c1-16-23-5-3-4-6-26(23)43-29-25(19-12-20(31(33,34)35)14-21(13-19)32(36,37)38)15-24(17(2)28(16)29)30(42)39-22-9-7-18(8-10-22)11-27(40)41/h3-10,12-15H,1,11H2,2H3,(H,39,42)(H,40,41). The van der Waals surface area contributed by atoms with E-state index in [-0.39, 0.29) is 40.6 Å². The number of halogens is 6. The third-order valence-electron chi connectivity index (χ3n) is 6.98. The summed E-state index contributed by atoms with van der Waals surface area (Å²) in [6.07, 6.45) is -10.4. The molecule has 0 aliphatic carbocycles. The third-order valence-corrected chi connectivity index (χ3v) is 6.98. The second kappa shape index (κ2) is 10.6. The molecule has 0 spiro atoms. The molecule has 0 saturated heterocycles. The Hall–Kier alpha value is -5.06. The van der Waals surface area contributed by atoms with Crippen LogP contribution in [0.25, 0.3) is 16.7 Å². The molecule has 0 unspecified atom stereocenters. The number of benzene rings is 4. The largest absolute Gasteiger partial charge is 0.481 e. The molecule has 0 atom stereocenters. The van der Waals surface area contributed by atoms with E-state index >= 15 is 0 Å². The zero-order valence-electron chi connectivity index (χ0n) is 22.3. The topological polar surface area (TPSA) is 75.6 Å². The Bertz CT molecular complexity index is 1760. The van der Waals surface area contributed by atoms with Crippen LogP contribution in [-0.2, 0) is 23.6 Å². The molecular weight excluding hydrogens is 576 g/mol. The fourth-order valence-electron chi connectivity index (χ4n) is 4.92. The SMILES string of the molecule is C=C1c2ccccc2Oc2c(-c3cc(C(F)(F)F)cc(C(F)(F)F)c3)cc(C(=O)Nc3ccc(CC(=O)O)cc3)c(C)c21. The number of ether oxygens (including phenoxy) is 1. The second-order valence-corrected chi connectivity index (χ2v) is 9.89. The second-order valence-electron chi connectivity index (χ2n) is 9.89. The normalized spacial score (nSPS) is 12.7. The molecular formula is C32H21F6NO4. The fourth-order valence-corrected chi connectivity index (χ4v) is 4.92. The molecule has 220 valence electrons. The van der Waals surface area contributed by atoms with E-state index in [0.29, 0.717) is 40.1 Å². The third kappa shape index (κ3) is 5.83. The first-order valence-electron chi connectivity index (χ1n) is 12.7. The molecule has 4 aromatic rings. The molecule has 11 heteroatoms. The highest BCUT2D eigenvalue weighted by Gasteiger charge is 2.38. The highest BCUT2D eigenvalue weighted by molar-refractivity contribution is 6.08. The summed E-state index contributed by atoms with van der Waals surface area (Å²) in [4.78, 5) is 24.5. The first kappa shape index (κ1) is 29.4. The fraction of sp³-hybridized carbons (Fsp3) is 0.125. The van der Waals surface area contributed by atoms with Gasteiger partial charge in [0, 0.05) is 27.9 Å². The van der Waals surface area contributed by atoms with Gasteiger partial charge in [-0.05, 0) is 71.7 Å². The average Bonchev–Trinajstić information content (AvgIpc) is 2.93. The molecule has 1 heterocycles. The maximum atomic E-state index is 13.8. The Kier molecular flexibility index (Phi) is 7.29. The predicted octanol–water partition coefficient (Wildman–Crippen LogP) is 8.75. The number of carbonyl (C=O) groups excluding carboxylic acids is 1. The van der Waals surface area contributed by atoms with Crippen molar-refractivity contribution < 1.29 is 45.8 Å². The lowest BCUT2D eigenvalue weighted by atomic mass is 9.85. The number of nitrogens with one attached hydrogen (secondary N) is 1. The Morgan fingerprint density at radius 1 is 0.860 bits per heavy atom. The zero-order chi connectivity index (χ0) is 31.3. The van der Waals surface area contributed by atoms with Crippen molar-refractivity contribution in [1.29, 1.82) is 0 Å². The molecule has 0 bridgehead atoms. The highest BCUT2D eigenvalue weighted by Crippen LogP contribution is 2.50. The zero-order valence-corrected chi connectivity index (χ0v) is 22.3. The Labute approximate surface area is 241 Å². The number of carboxylic acids is 1. The van der Waals surface area contributed by atoms with Crippen LogP contribution in [0.1, 0.15) is 43.7 Å².